The average molecular weight is 261 g/mol. The number of pyridine rings is 1. The molecule has 0 atom stereocenters. The quantitative estimate of drug-likeness (QED) is 0.668. The van der Waals surface area contributed by atoms with Gasteiger partial charge in [0.25, 0.3) is 0 Å². The van der Waals surface area contributed by atoms with Crippen molar-refractivity contribution in [1.82, 2.24) is 4.98 Å². The molecule has 98 valence electrons. The fourth-order valence-electron chi connectivity index (χ4n) is 2.32. The molecule has 3 aromatic rings. The fraction of sp³-hybridized carbons (Fsp3) is 0.111. The summed E-state index contributed by atoms with van der Waals surface area (Å²) >= 11 is 0. The molecule has 0 saturated carbocycles. The number of carbonyl (C=O) groups excluding carboxylic acids is 1. The SMILES string of the molecule is Cc1cccc(CC(=O)c2ccc3ccccc3n2)c1. The van der Waals surface area contributed by atoms with Crippen LogP contribution in [0.2, 0.25) is 0 Å². The van der Waals surface area contributed by atoms with Crippen molar-refractivity contribution in [2.24, 2.45) is 0 Å². The third-order valence-corrected chi connectivity index (χ3v) is 3.33. The lowest BCUT2D eigenvalue weighted by Crippen LogP contribution is -2.06. The van der Waals surface area contributed by atoms with Crippen molar-refractivity contribution in [3.05, 3.63) is 77.5 Å². The van der Waals surface area contributed by atoms with Gasteiger partial charge in [-0.15, -0.1) is 0 Å². The van der Waals surface area contributed by atoms with Crippen LogP contribution >= 0.6 is 0 Å². The Morgan fingerprint density at radius 1 is 1.00 bits per heavy atom. The summed E-state index contributed by atoms with van der Waals surface area (Å²) in [6.45, 7) is 2.03. The molecule has 1 aromatic heterocycles. The first-order valence-corrected chi connectivity index (χ1v) is 6.67. The molecule has 2 nitrogen and oxygen atoms in total. The van der Waals surface area contributed by atoms with E-state index in [0.29, 0.717) is 12.1 Å². The number of Topliss-reactive ketones (excluding diaryl/α,β-unsaturated/α-hetero) is 1. The van der Waals surface area contributed by atoms with Crippen molar-refractivity contribution in [2.45, 2.75) is 13.3 Å². The molecule has 1 heterocycles. The van der Waals surface area contributed by atoms with Gasteiger partial charge in [-0.3, -0.25) is 4.79 Å². The molecule has 20 heavy (non-hydrogen) atoms. The molecular weight excluding hydrogens is 246 g/mol. The number of aromatic nitrogens is 1. The molecule has 0 N–H and O–H groups in total. The van der Waals surface area contributed by atoms with Gasteiger partial charge in [0.15, 0.2) is 5.78 Å². The van der Waals surface area contributed by atoms with E-state index in [9.17, 15) is 4.79 Å². The van der Waals surface area contributed by atoms with Crippen molar-refractivity contribution in [3.63, 3.8) is 0 Å². The highest BCUT2D eigenvalue weighted by atomic mass is 16.1. The Morgan fingerprint density at radius 2 is 1.85 bits per heavy atom. The molecule has 0 aliphatic heterocycles. The summed E-state index contributed by atoms with van der Waals surface area (Å²) in [6, 6.07) is 19.6. The first-order valence-electron chi connectivity index (χ1n) is 6.67. The number of para-hydroxylation sites is 1. The zero-order valence-electron chi connectivity index (χ0n) is 11.3. The summed E-state index contributed by atoms with van der Waals surface area (Å²) in [6.07, 6.45) is 0.396. The first kappa shape index (κ1) is 12.5. The topological polar surface area (TPSA) is 30.0 Å². The molecule has 0 unspecified atom stereocenters. The Bertz CT molecular complexity index is 777. The summed E-state index contributed by atoms with van der Waals surface area (Å²) in [5, 5.41) is 1.06. The smallest absolute Gasteiger partial charge is 0.185 e. The van der Waals surface area contributed by atoms with E-state index in [-0.39, 0.29) is 5.78 Å². The van der Waals surface area contributed by atoms with Crippen LogP contribution in [0.4, 0.5) is 0 Å². The summed E-state index contributed by atoms with van der Waals surface area (Å²) in [4.78, 5) is 16.8. The number of rotatable bonds is 3. The molecule has 0 fully saturated rings. The zero-order chi connectivity index (χ0) is 13.9. The molecule has 0 bridgehead atoms. The number of hydrogen-bond acceptors (Lipinski definition) is 2. The molecule has 0 spiro atoms. The van der Waals surface area contributed by atoms with Crippen LogP contribution < -0.4 is 0 Å². The van der Waals surface area contributed by atoms with Crippen molar-refractivity contribution < 1.29 is 4.79 Å². The van der Waals surface area contributed by atoms with Gasteiger partial charge in [-0.25, -0.2) is 4.98 Å². The third kappa shape index (κ3) is 2.59. The minimum atomic E-state index is 0.0568. The number of carbonyl (C=O) groups is 1. The van der Waals surface area contributed by atoms with Crippen molar-refractivity contribution >= 4 is 16.7 Å². The minimum absolute atomic E-state index is 0.0568. The van der Waals surface area contributed by atoms with Gasteiger partial charge in [-0.1, -0.05) is 54.1 Å². The average Bonchev–Trinajstić information content (AvgIpc) is 2.47. The predicted molar refractivity (Wildman–Crippen MR) is 81.0 cm³/mol. The van der Waals surface area contributed by atoms with Crippen molar-refractivity contribution in [3.8, 4) is 0 Å². The number of aryl methyl sites for hydroxylation is 1. The maximum atomic E-state index is 12.3. The molecule has 0 aliphatic carbocycles. The number of hydrogen-bond donors (Lipinski definition) is 0. The molecule has 2 heteroatoms. The van der Waals surface area contributed by atoms with Gasteiger partial charge in [0.2, 0.25) is 0 Å². The Hall–Kier alpha value is -2.48. The lowest BCUT2D eigenvalue weighted by molar-refractivity contribution is 0.0988. The van der Waals surface area contributed by atoms with E-state index in [4.69, 9.17) is 0 Å². The van der Waals surface area contributed by atoms with E-state index in [1.54, 1.807) is 6.07 Å². The van der Waals surface area contributed by atoms with Crippen LogP contribution in [0.1, 0.15) is 21.6 Å². The van der Waals surface area contributed by atoms with E-state index >= 15 is 0 Å². The van der Waals surface area contributed by atoms with Gasteiger partial charge in [0.1, 0.15) is 5.69 Å². The first-order chi connectivity index (χ1) is 9.72. The Labute approximate surface area is 118 Å². The highest BCUT2D eigenvalue weighted by Gasteiger charge is 2.09. The summed E-state index contributed by atoms with van der Waals surface area (Å²) in [5.41, 5.74) is 3.60. The molecule has 3 rings (SSSR count). The number of nitrogens with zero attached hydrogens (tertiary/aromatic N) is 1. The summed E-state index contributed by atoms with van der Waals surface area (Å²) < 4.78 is 0. The van der Waals surface area contributed by atoms with Crippen LogP contribution in [0.5, 0.6) is 0 Å². The van der Waals surface area contributed by atoms with E-state index in [0.717, 1.165) is 16.5 Å². The van der Waals surface area contributed by atoms with Gasteiger partial charge in [-0.05, 0) is 24.6 Å². The second-order valence-corrected chi connectivity index (χ2v) is 4.98. The molecule has 0 amide bonds. The highest BCUT2D eigenvalue weighted by Crippen LogP contribution is 2.14. The normalized spacial score (nSPS) is 10.7. The molecule has 0 radical (unpaired) electrons. The van der Waals surface area contributed by atoms with Crippen LogP contribution in [-0.2, 0) is 6.42 Å². The Balaban J connectivity index is 1.88. The number of fused-ring (bicyclic) bond motifs is 1. The molecule has 0 aliphatic rings. The predicted octanol–water partition coefficient (Wildman–Crippen LogP) is 3.97. The zero-order valence-corrected chi connectivity index (χ0v) is 11.3. The maximum Gasteiger partial charge on any atom is 0.185 e. The van der Waals surface area contributed by atoms with Crippen molar-refractivity contribution in [2.75, 3.05) is 0 Å². The lowest BCUT2D eigenvalue weighted by atomic mass is 10.0. The fourth-order valence-corrected chi connectivity index (χ4v) is 2.32. The van der Waals surface area contributed by atoms with Gasteiger partial charge in [-0.2, -0.15) is 0 Å². The molecular formula is C18H15NO. The largest absolute Gasteiger partial charge is 0.292 e. The summed E-state index contributed by atoms with van der Waals surface area (Å²) in [7, 11) is 0. The number of ketones is 1. The van der Waals surface area contributed by atoms with Crippen LogP contribution in [0.3, 0.4) is 0 Å². The van der Waals surface area contributed by atoms with Gasteiger partial charge < -0.3 is 0 Å². The molecule has 2 aromatic carbocycles. The second-order valence-electron chi connectivity index (χ2n) is 4.98. The van der Waals surface area contributed by atoms with Crippen molar-refractivity contribution in [1.29, 1.82) is 0 Å². The van der Waals surface area contributed by atoms with Gasteiger partial charge in [0, 0.05) is 11.8 Å². The Kier molecular flexibility index (Phi) is 3.30. The summed E-state index contributed by atoms with van der Waals surface area (Å²) in [5.74, 6) is 0.0568. The lowest BCUT2D eigenvalue weighted by Gasteiger charge is -2.04. The van der Waals surface area contributed by atoms with E-state index in [2.05, 4.69) is 4.98 Å². The van der Waals surface area contributed by atoms with Gasteiger partial charge in [0.05, 0.1) is 5.52 Å². The highest BCUT2D eigenvalue weighted by molar-refractivity contribution is 5.97. The van der Waals surface area contributed by atoms with E-state index in [1.165, 1.54) is 5.56 Å². The standard InChI is InChI=1S/C18H15NO/c1-13-5-4-6-14(11-13)12-18(20)17-10-9-15-7-2-3-8-16(15)19-17/h2-11H,12H2,1H3. The monoisotopic (exact) mass is 261 g/mol. The molecule has 0 saturated heterocycles. The van der Waals surface area contributed by atoms with E-state index < -0.39 is 0 Å². The van der Waals surface area contributed by atoms with Crippen LogP contribution in [0.25, 0.3) is 10.9 Å². The van der Waals surface area contributed by atoms with Crippen LogP contribution in [-0.4, -0.2) is 10.8 Å². The second kappa shape index (κ2) is 5.25. The Morgan fingerprint density at radius 3 is 2.70 bits per heavy atom. The van der Waals surface area contributed by atoms with Gasteiger partial charge >= 0.3 is 0 Å². The van der Waals surface area contributed by atoms with E-state index in [1.807, 2.05) is 61.5 Å². The minimum Gasteiger partial charge on any atom is -0.292 e. The van der Waals surface area contributed by atoms with Crippen LogP contribution in [0.15, 0.2) is 60.7 Å². The third-order valence-electron chi connectivity index (χ3n) is 3.33. The van der Waals surface area contributed by atoms with Crippen LogP contribution in [0, 0.1) is 6.92 Å². The maximum absolute atomic E-state index is 12.3. The number of benzene rings is 2.